The van der Waals surface area contributed by atoms with Crippen LogP contribution in [0.2, 0.25) is 0 Å². The molecule has 0 N–H and O–H groups in total. The second kappa shape index (κ2) is 11.3. The van der Waals surface area contributed by atoms with E-state index in [1.807, 2.05) is 24.3 Å². The number of hydrogen-bond acceptors (Lipinski definition) is 3. The van der Waals surface area contributed by atoms with E-state index in [9.17, 15) is 0 Å². The lowest BCUT2D eigenvalue weighted by Gasteiger charge is -2.21. The Labute approximate surface area is 333 Å². The van der Waals surface area contributed by atoms with Gasteiger partial charge in [0.05, 0.1) is 27.8 Å². The molecule has 0 atom stereocenters. The van der Waals surface area contributed by atoms with Crippen LogP contribution >= 0.6 is 0 Å². The zero-order chi connectivity index (χ0) is 38.3. The molecule has 0 bridgehead atoms. The maximum absolute atomic E-state index is 6.58. The highest BCUT2D eigenvalue weighted by Gasteiger charge is 2.38. The molecule has 5 nitrogen and oxygen atoms in total. The van der Waals surface area contributed by atoms with Crippen molar-refractivity contribution in [3.63, 3.8) is 0 Å². The van der Waals surface area contributed by atoms with Crippen molar-refractivity contribution in [3.05, 3.63) is 181 Å². The van der Waals surface area contributed by atoms with Crippen molar-refractivity contribution in [2.45, 2.75) is 19.3 Å². The van der Waals surface area contributed by atoms with Gasteiger partial charge in [0.25, 0.3) is 0 Å². The number of fused-ring (bicyclic) bond motifs is 15. The lowest BCUT2D eigenvalue weighted by molar-refractivity contribution is 0.661. The van der Waals surface area contributed by atoms with E-state index in [2.05, 4.69) is 169 Å². The van der Waals surface area contributed by atoms with Crippen LogP contribution in [-0.2, 0) is 5.41 Å². The van der Waals surface area contributed by atoms with Gasteiger partial charge in [0, 0.05) is 43.3 Å². The van der Waals surface area contributed by atoms with E-state index in [4.69, 9.17) is 14.4 Å². The summed E-state index contributed by atoms with van der Waals surface area (Å²) in [5.41, 5.74) is 14.7. The molecule has 0 fully saturated rings. The minimum Gasteiger partial charge on any atom is -0.452 e. The zero-order valence-corrected chi connectivity index (χ0v) is 31.9. The van der Waals surface area contributed by atoms with Crippen LogP contribution in [0.5, 0.6) is 0 Å². The van der Waals surface area contributed by atoms with Crippen molar-refractivity contribution in [2.24, 2.45) is 0 Å². The second-order valence-electron chi connectivity index (χ2n) is 16.1. The van der Waals surface area contributed by atoms with Gasteiger partial charge in [-0.2, -0.15) is 0 Å². The maximum Gasteiger partial charge on any atom is 0.236 e. The van der Waals surface area contributed by atoms with Gasteiger partial charge in [-0.25, -0.2) is 9.97 Å². The average Bonchev–Trinajstić information content (AvgIpc) is 3.98. The Hall–Kier alpha value is -7.50. The van der Waals surface area contributed by atoms with Gasteiger partial charge in [0.1, 0.15) is 16.8 Å². The Balaban J connectivity index is 1.26. The topological polar surface area (TPSA) is 48.8 Å². The average molecular weight is 743 g/mol. The first-order valence-electron chi connectivity index (χ1n) is 19.9. The summed E-state index contributed by atoms with van der Waals surface area (Å²) in [5.74, 6) is 0.604. The Kier molecular flexibility index (Phi) is 6.17. The molecule has 0 radical (unpaired) electrons. The molecule has 4 aromatic heterocycles. The monoisotopic (exact) mass is 742 g/mol. The third-order valence-corrected chi connectivity index (χ3v) is 12.7. The fourth-order valence-electron chi connectivity index (χ4n) is 10.2. The summed E-state index contributed by atoms with van der Waals surface area (Å²) < 4.78 is 11.3. The highest BCUT2D eigenvalue weighted by atomic mass is 16.3. The van der Waals surface area contributed by atoms with E-state index < -0.39 is 0 Å². The number of rotatable bonds is 3. The summed E-state index contributed by atoms with van der Waals surface area (Å²) in [5, 5.41) is 8.21. The Morgan fingerprint density at radius 2 is 1.12 bits per heavy atom. The van der Waals surface area contributed by atoms with Crippen LogP contribution in [0, 0.1) is 0 Å². The minimum atomic E-state index is -0.168. The fourth-order valence-corrected chi connectivity index (χ4v) is 10.2. The van der Waals surface area contributed by atoms with E-state index in [0.717, 1.165) is 44.5 Å². The quantitative estimate of drug-likeness (QED) is 0.181. The van der Waals surface area contributed by atoms with Crippen LogP contribution in [0.4, 0.5) is 0 Å². The van der Waals surface area contributed by atoms with Crippen LogP contribution in [0.15, 0.2) is 174 Å². The summed E-state index contributed by atoms with van der Waals surface area (Å²) in [6, 6.07) is 60.9. The Morgan fingerprint density at radius 1 is 0.483 bits per heavy atom. The summed E-state index contributed by atoms with van der Waals surface area (Å²) in [6.07, 6.45) is 0. The molecule has 272 valence electrons. The first kappa shape index (κ1) is 31.7. The highest BCUT2D eigenvalue weighted by Crippen LogP contribution is 2.54. The molecule has 0 spiro atoms. The number of furan rings is 1. The molecule has 4 heterocycles. The smallest absolute Gasteiger partial charge is 0.236 e. The molecule has 13 rings (SSSR count). The summed E-state index contributed by atoms with van der Waals surface area (Å²) in [6.45, 7) is 4.71. The lowest BCUT2D eigenvalue weighted by atomic mass is 9.82. The first-order chi connectivity index (χ1) is 28.6. The molecule has 0 unspecified atom stereocenters. The van der Waals surface area contributed by atoms with Gasteiger partial charge in [0.15, 0.2) is 5.58 Å². The van der Waals surface area contributed by atoms with Crippen molar-refractivity contribution in [3.8, 4) is 34.0 Å². The summed E-state index contributed by atoms with van der Waals surface area (Å²) >= 11 is 0. The molecule has 8 aromatic carbocycles. The molecule has 12 aromatic rings. The number of para-hydroxylation sites is 3. The molecule has 0 saturated heterocycles. The van der Waals surface area contributed by atoms with Crippen molar-refractivity contribution >= 4 is 76.5 Å². The summed E-state index contributed by atoms with van der Waals surface area (Å²) in [7, 11) is 0. The molecule has 0 aliphatic heterocycles. The zero-order valence-electron chi connectivity index (χ0n) is 31.9. The van der Waals surface area contributed by atoms with Crippen LogP contribution in [0.3, 0.4) is 0 Å². The molecule has 0 saturated carbocycles. The van der Waals surface area contributed by atoms with Gasteiger partial charge in [-0.15, -0.1) is 0 Å². The maximum atomic E-state index is 6.58. The number of nitrogens with zero attached hydrogens (tertiary/aromatic N) is 4. The van der Waals surface area contributed by atoms with Crippen molar-refractivity contribution in [1.82, 2.24) is 19.1 Å². The Bertz CT molecular complexity index is 3660. The van der Waals surface area contributed by atoms with Gasteiger partial charge >= 0.3 is 0 Å². The molecule has 0 amide bonds. The van der Waals surface area contributed by atoms with Gasteiger partial charge < -0.3 is 8.98 Å². The van der Waals surface area contributed by atoms with E-state index in [1.165, 1.54) is 65.6 Å². The first-order valence-corrected chi connectivity index (χ1v) is 19.9. The van der Waals surface area contributed by atoms with E-state index in [0.29, 0.717) is 11.5 Å². The van der Waals surface area contributed by atoms with E-state index in [-0.39, 0.29) is 5.41 Å². The minimum absolute atomic E-state index is 0.168. The SMILES string of the molecule is CC1(C)c2ccccc2-c2c1ccc1c2c2c3ccccc3c(-n3c4ccccc4c4ccccc43)cc2n1-c1nc(-c2ccccc2)c2oc3ccccc3c2n1. The molecule has 1 aliphatic carbocycles. The van der Waals surface area contributed by atoms with Gasteiger partial charge in [-0.05, 0) is 64.0 Å². The third kappa shape index (κ3) is 4.04. The van der Waals surface area contributed by atoms with Crippen LogP contribution in [0.1, 0.15) is 25.0 Å². The molecule has 58 heavy (non-hydrogen) atoms. The third-order valence-electron chi connectivity index (χ3n) is 12.7. The van der Waals surface area contributed by atoms with Gasteiger partial charge in [-0.3, -0.25) is 4.57 Å². The van der Waals surface area contributed by atoms with E-state index in [1.54, 1.807) is 0 Å². The van der Waals surface area contributed by atoms with Crippen LogP contribution in [0.25, 0.3) is 110 Å². The van der Waals surface area contributed by atoms with Crippen LogP contribution in [-0.4, -0.2) is 19.1 Å². The molecular weight excluding hydrogens is 709 g/mol. The highest BCUT2D eigenvalue weighted by molar-refractivity contribution is 6.28. The van der Waals surface area contributed by atoms with Crippen molar-refractivity contribution in [2.75, 3.05) is 0 Å². The number of aromatic nitrogens is 4. The normalized spacial score (nSPS) is 13.5. The van der Waals surface area contributed by atoms with Crippen molar-refractivity contribution in [1.29, 1.82) is 0 Å². The lowest BCUT2D eigenvalue weighted by Crippen LogP contribution is -2.14. The second-order valence-corrected chi connectivity index (χ2v) is 16.1. The van der Waals surface area contributed by atoms with Crippen LogP contribution < -0.4 is 0 Å². The standard InChI is InChI=1S/C53H34N4O/c1-53(2)38-24-12-8-22-36(38)46-39(53)28-29-42-48(46)47-35-21-7-6-20-34(35)43(56-40-25-13-9-18-32(40)33-19-10-14-26-41(33)56)30-44(47)57(42)52-54-49(31-16-4-3-5-17-31)51-50(55-52)37-23-11-15-27-45(37)58-51/h3-30H,1-2H3. The summed E-state index contributed by atoms with van der Waals surface area (Å²) in [4.78, 5) is 11.0. The number of benzene rings is 8. The predicted molar refractivity (Wildman–Crippen MR) is 238 cm³/mol. The largest absolute Gasteiger partial charge is 0.452 e. The van der Waals surface area contributed by atoms with Gasteiger partial charge in [0.2, 0.25) is 5.95 Å². The molecule has 1 aliphatic rings. The fraction of sp³-hybridized carbons (Fsp3) is 0.0566. The van der Waals surface area contributed by atoms with Crippen molar-refractivity contribution < 1.29 is 4.42 Å². The number of hydrogen-bond donors (Lipinski definition) is 0. The molecule has 5 heteroatoms. The Morgan fingerprint density at radius 3 is 1.90 bits per heavy atom. The predicted octanol–water partition coefficient (Wildman–Crippen LogP) is 13.7. The molecular formula is C53H34N4O. The van der Waals surface area contributed by atoms with Gasteiger partial charge in [-0.1, -0.05) is 147 Å². The van der Waals surface area contributed by atoms with E-state index >= 15 is 0 Å².